The molecule has 8 heteroatoms. The number of carbonyl (C=O) groups is 4. The number of benzene rings is 1. The van der Waals surface area contributed by atoms with Gasteiger partial charge < -0.3 is 15.4 Å². The Hall–Kier alpha value is -2.90. The van der Waals surface area contributed by atoms with E-state index >= 15 is 0 Å². The quantitative estimate of drug-likeness (QED) is 0.534. The zero-order valence-corrected chi connectivity index (χ0v) is 18.6. The van der Waals surface area contributed by atoms with Crippen molar-refractivity contribution in [3.8, 4) is 0 Å². The molecule has 1 spiro atoms. The number of urea groups is 1. The highest BCUT2D eigenvalue weighted by atomic mass is 16.5. The van der Waals surface area contributed by atoms with Gasteiger partial charge in [0, 0.05) is 0 Å². The molecule has 2 aliphatic rings. The maximum atomic E-state index is 13.1. The molecule has 4 amide bonds. The second-order valence-corrected chi connectivity index (χ2v) is 9.62. The number of imide groups is 1. The van der Waals surface area contributed by atoms with Crippen molar-refractivity contribution in [1.29, 1.82) is 0 Å². The van der Waals surface area contributed by atoms with Crippen LogP contribution in [-0.2, 0) is 19.1 Å². The van der Waals surface area contributed by atoms with Crippen LogP contribution >= 0.6 is 0 Å². The summed E-state index contributed by atoms with van der Waals surface area (Å²) in [5, 5.41) is 5.57. The minimum atomic E-state index is -0.971. The molecule has 8 nitrogen and oxygen atoms in total. The lowest BCUT2D eigenvalue weighted by molar-refractivity contribution is -0.151. The molecule has 1 aliphatic heterocycles. The van der Waals surface area contributed by atoms with E-state index in [2.05, 4.69) is 31.4 Å². The van der Waals surface area contributed by atoms with Crippen LogP contribution in [0.2, 0.25) is 0 Å². The minimum Gasteiger partial charge on any atom is -0.454 e. The van der Waals surface area contributed by atoms with Crippen LogP contribution < -0.4 is 10.6 Å². The molecular formula is C23H31N3O5. The van der Waals surface area contributed by atoms with Gasteiger partial charge in [-0.05, 0) is 43.1 Å². The number of rotatable bonds is 6. The first kappa shape index (κ1) is 22.8. The van der Waals surface area contributed by atoms with Gasteiger partial charge in [0.25, 0.3) is 11.8 Å². The average molecular weight is 430 g/mol. The van der Waals surface area contributed by atoms with E-state index < -0.39 is 42.5 Å². The van der Waals surface area contributed by atoms with Gasteiger partial charge in [-0.3, -0.25) is 19.3 Å². The molecule has 1 saturated heterocycles. The minimum absolute atomic E-state index is 0.0926. The fourth-order valence-electron chi connectivity index (χ4n) is 5.08. The average Bonchev–Trinajstić information content (AvgIpc) is 2.88. The van der Waals surface area contributed by atoms with E-state index in [1.807, 2.05) is 37.3 Å². The molecule has 1 saturated carbocycles. The molecule has 168 valence electrons. The Kier molecular flexibility index (Phi) is 6.38. The molecule has 0 aromatic heterocycles. The number of ether oxygens (including phenoxy) is 1. The van der Waals surface area contributed by atoms with Crippen LogP contribution in [0, 0.1) is 11.3 Å². The topological polar surface area (TPSA) is 105 Å². The predicted octanol–water partition coefficient (Wildman–Crippen LogP) is 2.54. The molecule has 0 radical (unpaired) electrons. The molecule has 0 bridgehead atoms. The van der Waals surface area contributed by atoms with E-state index in [4.69, 9.17) is 4.74 Å². The summed E-state index contributed by atoms with van der Waals surface area (Å²) >= 11 is 0. The van der Waals surface area contributed by atoms with Gasteiger partial charge in [-0.2, -0.15) is 0 Å². The van der Waals surface area contributed by atoms with E-state index in [-0.39, 0.29) is 17.4 Å². The van der Waals surface area contributed by atoms with Crippen LogP contribution in [-0.4, -0.2) is 47.4 Å². The third-order valence-corrected chi connectivity index (χ3v) is 5.95. The van der Waals surface area contributed by atoms with Crippen LogP contribution in [0.3, 0.4) is 0 Å². The summed E-state index contributed by atoms with van der Waals surface area (Å²) < 4.78 is 5.01. The Labute approximate surface area is 182 Å². The number of carbonyl (C=O) groups excluding carboxylic acids is 4. The van der Waals surface area contributed by atoms with Crippen molar-refractivity contribution in [2.45, 2.75) is 58.5 Å². The maximum absolute atomic E-state index is 13.1. The van der Waals surface area contributed by atoms with E-state index in [0.29, 0.717) is 12.8 Å². The van der Waals surface area contributed by atoms with E-state index in [9.17, 15) is 19.2 Å². The summed E-state index contributed by atoms with van der Waals surface area (Å²) in [5.41, 5.74) is -0.137. The van der Waals surface area contributed by atoms with Gasteiger partial charge in [0.1, 0.15) is 12.1 Å². The summed E-state index contributed by atoms with van der Waals surface area (Å²) in [7, 11) is 0. The zero-order chi connectivity index (χ0) is 22.8. The van der Waals surface area contributed by atoms with E-state index in [1.165, 1.54) is 0 Å². The van der Waals surface area contributed by atoms with Crippen molar-refractivity contribution in [2.24, 2.45) is 11.3 Å². The lowest BCUT2D eigenvalue weighted by atomic mass is 9.64. The van der Waals surface area contributed by atoms with Gasteiger partial charge in [0.15, 0.2) is 6.61 Å². The van der Waals surface area contributed by atoms with Gasteiger partial charge in [-0.1, -0.05) is 51.1 Å². The Morgan fingerprint density at radius 1 is 1.23 bits per heavy atom. The fourth-order valence-corrected chi connectivity index (χ4v) is 5.08. The molecule has 2 N–H and O–H groups in total. The van der Waals surface area contributed by atoms with Crippen LogP contribution in [0.4, 0.5) is 4.79 Å². The summed E-state index contributed by atoms with van der Waals surface area (Å²) in [6, 6.07) is 8.57. The summed E-state index contributed by atoms with van der Waals surface area (Å²) in [6.45, 7) is 7.06. The van der Waals surface area contributed by atoms with E-state index in [0.717, 1.165) is 16.9 Å². The van der Waals surface area contributed by atoms with Gasteiger partial charge in [0.2, 0.25) is 0 Å². The molecule has 2 fully saturated rings. The Morgan fingerprint density at radius 3 is 2.55 bits per heavy atom. The predicted molar refractivity (Wildman–Crippen MR) is 114 cm³/mol. The highest BCUT2D eigenvalue weighted by molar-refractivity contribution is 6.08. The number of nitrogens with zero attached hydrogens (tertiary/aromatic N) is 1. The van der Waals surface area contributed by atoms with Gasteiger partial charge >= 0.3 is 12.0 Å². The van der Waals surface area contributed by atoms with Crippen LogP contribution in [0.1, 0.15) is 58.6 Å². The number of hydrogen-bond donors (Lipinski definition) is 2. The molecule has 1 aromatic carbocycles. The smallest absolute Gasteiger partial charge is 0.326 e. The first-order valence-corrected chi connectivity index (χ1v) is 10.7. The first-order valence-electron chi connectivity index (χ1n) is 10.7. The molecule has 3 rings (SSSR count). The summed E-state index contributed by atoms with van der Waals surface area (Å²) in [5.74, 6) is -1.38. The third kappa shape index (κ3) is 5.24. The van der Waals surface area contributed by atoms with Crippen molar-refractivity contribution in [3.63, 3.8) is 0 Å². The number of esters is 1. The molecule has 1 heterocycles. The first-order chi connectivity index (χ1) is 14.5. The highest BCUT2D eigenvalue weighted by Crippen LogP contribution is 2.46. The van der Waals surface area contributed by atoms with Crippen molar-refractivity contribution in [1.82, 2.24) is 15.5 Å². The fraction of sp³-hybridized carbons (Fsp3) is 0.565. The van der Waals surface area contributed by atoms with Gasteiger partial charge in [-0.15, -0.1) is 0 Å². The molecule has 1 aromatic rings. The zero-order valence-electron chi connectivity index (χ0n) is 18.6. The molecule has 1 aliphatic carbocycles. The standard InChI is InChI=1S/C23H31N3O5/c1-15-10-22(3,4)14-23(11-15)20(29)26(21(30)25-23)12-19(28)31-13-18(27)24-16(2)17-8-6-5-7-9-17/h5-9,15-16H,10-14H2,1-4H3,(H,24,27)(H,25,30). The monoisotopic (exact) mass is 429 g/mol. The number of hydrogen-bond acceptors (Lipinski definition) is 5. The lowest BCUT2D eigenvalue weighted by Gasteiger charge is -2.43. The lowest BCUT2D eigenvalue weighted by Crippen LogP contribution is -2.54. The molecular weight excluding hydrogens is 398 g/mol. The third-order valence-electron chi connectivity index (χ3n) is 5.95. The Morgan fingerprint density at radius 2 is 1.90 bits per heavy atom. The van der Waals surface area contributed by atoms with Gasteiger partial charge in [-0.25, -0.2) is 4.79 Å². The molecule has 3 unspecified atom stereocenters. The second kappa shape index (κ2) is 8.69. The Balaban J connectivity index is 1.53. The highest BCUT2D eigenvalue weighted by Gasteiger charge is 2.56. The summed E-state index contributed by atoms with van der Waals surface area (Å²) in [6.07, 6.45) is 2.04. The maximum Gasteiger partial charge on any atom is 0.326 e. The van der Waals surface area contributed by atoms with Crippen molar-refractivity contribution in [3.05, 3.63) is 35.9 Å². The van der Waals surface area contributed by atoms with Crippen molar-refractivity contribution in [2.75, 3.05) is 13.2 Å². The van der Waals surface area contributed by atoms with E-state index in [1.54, 1.807) is 0 Å². The van der Waals surface area contributed by atoms with Crippen molar-refractivity contribution >= 4 is 23.8 Å². The SMILES string of the molecule is CC1CC(C)(C)CC2(C1)NC(=O)N(CC(=O)OCC(=O)NC(C)c1ccccc1)C2=O. The summed E-state index contributed by atoms with van der Waals surface area (Å²) in [4.78, 5) is 50.8. The largest absolute Gasteiger partial charge is 0.454 e. The van der Waals surface area contributed by atoms with Crippen LogP contribution in [0.25, 0.3) is 0 Å². The second-order valence-electron chi connectivity index (χ2n) is 9.62. The molecule has 3 atom stereocenters. The van der Waals surface area contributed by atoms with Crippen LogP contribution in [0.15, 0.2) is 30.3 Å². The normalized spacial score (nSPS) is 25.8. The number of nitrogens with one attached hydrogen (secondary N) is 2. The van der Waals surface area contributed by atoms with Crippen LogP contribution in [0.5, 0.6) is 0 Å². The van der Waals surface area contributed by atoms with Crippen molar-refractivity contribution < 1.29 is 23.9 Å². The van der Waals surface area contributed by atoms with Gasteiger partial charge in [0.05, 0.1) is 6.04 Å². The Bertz CT molecular complexity index is 869. The molecule has 31 heavy (non-hydrogen) atoms. The number of amides is 4.